The zero-order chi connectivity index (χ0) is 25.4. The van der Waals surface area contributed by atoms with Gasteiger partial charge in [0.15, 0.2) is 0 Å². The first kappa shape index (κ1) is 23.8. The highest BCUT2D eigenvalue weighted by atomic mass is 32.2. The minimum Gasteiger partial charge on any atom is -0.378 e. The van der Waals surface area contributed by atoms with Crippen molar-refractivity contribution < 1.29 is 22.9 Å². The van der Waals surface area contributed by atoms with E-state index in [-0.39, 0.29) is 23.0 Å². The molecule has 0 bridgehead atoms. The Bertz CT molecular complexity index is 1510. The number of nitrogens with zero attached hydrogens (tertiary/aromatic N) is 4. The molecule has 2 amide bonds. The fourth-order valence-corrected chi connectivity index (χ4v) is 4.89. The molecule has 5 rings (SSSR count). The molecule has 4 aromatic rings. The number of fused-ring (bicyclic) bond motifs is 1. The molecule has 184 valence electrons. The van der Waals surface area contributed by atoms with Gasteiger partial charge in [0.1, 0.15) is 5.82 Å². The molecule has 0 aliphatic carbocycles. The minimum absolute atomic E-state index is 0.117. The average molecular weight is 508 g/mol. The average Bonchev–Trinajstić information content (AvgIpc) is 3.28. The molecule has 1 unspecified atom stereocenters. The Labute approximate surface area is 208 Å². The van der Waals surface area contributed by atoms with Gasteiger partial charge in [-0.05, 0) is 30.3 Å². The Morgan fingerprint density at radius 1 is 1.06 bits per heavy atom. The zero-order valence-electron chi connectivity index (χ0n) is 19.3. The standard InChI is InChI=1S/C25H22FN5O4S/c1-36(34)22-14-31(21-11-16(2-4-18(21)22)24(33)30-6-8-35-9-7-30)25-28-12-17(13-29-25)19-10-15(23(27)32)3-5-20(19)26/h2-5,10-14H,6-9H2,1H3,(H2,27,32). The highest BCUT2D eigenvalue weighted by Crippen LogP contribution is 2.29. The van der Waals surface area contributed by atoms with Crippen LogP contribution in [-0.2, 0) is 15.5 Å². The molecule has 9 nitrogen and oxygen atoms in total. The zero-order valence-corrected chi connectivity index (χ0v) is 20.1. The largest absolute Gasteiger partial charge is 0.378 e. The van der Waals surface area contributed by atoms with E-state index in [0.717, 1.165) is 0 Å². The van der Waals surface area contributed by atoms with E-state index in [1.807, 2.05) is 0 Å². The van der Waals surface area contributed by atoms with Crippen molar-refractivity contribution in [2.45, 2.75) is 4.90 Å². The Kier molecular flexibility index (Phi) is 6.33. The van der Waals surface area contributed by atoms with Crippen LogP contribution in [0.3, 0.4) is 0 Å². The molecule has 1 aliphatic rings. The molecule has 0 radical (unpaired) electrons. The van der Waals surface area contributed by atoms with Gasteiger partial charge >= 0.3 is 0 Å². The van der Waals surface area contributed by atoms with Crippen molar-refractivity contribution in [3.8, 4) is 17.1 Å². The summed E-state index contributed by atoms with van der Waals surface area (Å²) < 4.78 is 33.8. The topological polar surface area (TPSA) is 120 Å². The number of ether oxygens (including phenoxy) is 1. The number of benzene rings is 2. The maximum atomic E-state index is 14.4. The number of rotatable bonds is 5. The highest BCUT2D eigenvalue weighted by Gasteiger charge is 2.21. The van der Waals surface area contributed by atoms with Crippen LogP contribution in [0.2, 0.25) is 0 Å². The Morgan fingerprint density at radius 3 is 2.42 bits per heavy atom. The number of morpholine rings is 1. The lowest BCUT2D eigenvalue weighted by Crippen LogP contribution is -2.40. The molecule has 2 aromatic heterocycles. The van der Waals surface area contributed by atoms with Crippen LogP contribution in [0.5, 0.6) is 0 Å². The fourth-order valence-electron chi connectivity index (χ4n) is 4.16. The number of aromatic nitrogens is 3. The quantitative estimate of drug-likeness (QED) is 0.443. The first-order chi connectivity index (χ1) is 17.3. The number of hydrogen-bond acceptors (Lipinski definition) is 6. The third-order valence-electron chi connectivity index (χ3n) is 6.04. The number of carbonyl (C=O) groups is 2. The van der Waals surface area contributed by atoms with Crippen molar-refractivity contribution >= 4 is 33.5 Å². The second kappa shape index (κ2) is 9.59. The highest BCUT2D eigenvalue weighted by molar-refractivity contribution is 7.84. The summed E-state index contributed by atoms with van der Waals surface area (Å²) in [6.45, 7) is 2.01. The second-order valence-electron chi connectivity index (χ2n) is 8.28. The summed E-state index contributed by atoms with van der Waals surface area (Å²) in [4.78, 5) is 35.6. The van der Waals surface area contributed by atoms with Crippen LogP contribution >= 0.6 is 0 Å². The van der Waals surface area contributed by atoms with Gasteiger partial charge in [-0.1, -0.05) is 6.07 Å². The van der Waals surface area contributed by atoms with Gasteiger partial charge in [0, 0.05) is 65.6 Å². The fraction of sp³-hybridized carbons (Fsp3) is 0.200. The molecule has 2 aromatic carbocycles. The summed E-state index contributed by atoms with van der Waals surface area (Å²) in [5.74, 6) is -1.08. The maximum absolute atomic E-state index is 14.4. The molecular weight excluding hydrogens is 485 g/mol. The van der Waals surface area contributed by atoms with E-state index in [2.05, 4.69) is 9.97 Å². The summed E-state index contributed by atoms with van der Waals surface area (Å²) in [6.07, 6.45) is 6.11. The summed E-state index contributed by atoms with van der Waals surface area (Å²) in [5, 5.41) is 0.710. The van der Waals surface area contributed by atoms with Gasteiger partial charge in [0.2, 0.25) is 11.9 Å². The van der Waals surface area contributed by atoms with Gasteiger partial charge in [0.05, 0.1) is 34.4 Å². The number of amides is 2. The molecule has 1 aliphatic heterocycles. The van der Waals surface area contributed by atoms with Crippen molar-refractivity contribution in [1.82, 2.24) is 19.4 Å². The summed E-state index contributed by atoms with van der Waals surface area (Å²) >= 11 is 0. The predicted octanol–water partition coefficient (Wildman–Crippen LogP) is 2.54. The molecular formula is C25H22FN5O4S. The smallest absolute Gasteiger partial charge is 0.254 e. The monoisotopic (exact) mass is 507 g/mol. The van der Waals surface area contributed by atoms with E-state index >= 15 is 0 Å². The molecule has 36 heavy (non-hydrogen) atoms. The van der Waals surface area contributed by atoms with Gasteiger partial charge in [-0.2, -0.15) is 0 Å². The van der Waals surface area contributed by atoms with Crippen LogP contribution in [0.1, 0.15) is 20.7 Å². The first-order valence-corrected chi connectivity index (χ1v) is 12.7. The van der Waals surface area contributed by atoms with Crippen molar-refractivity contribution in [1.29, 1.82) is 0 Å². The number of carbonyl (C=O) groups excluding carboxylic acids is 2. The van der Waals surface area contributed by atoms with Crippen LogP contribution in [0, 0.1) is 5.82 Å². The van der Waals surface area contributed by atoms with E-state index in [1.165, 1.54) is 30.6 Å². The molecule has 3 heterocycles. The summed E-state index contributed by atoms with van der Waals surface area (Å²) in [6, 6.07) is 9.05. The maximum Gasteiger partial charge on any atom is 0.254 e. The van der Waals surface area contributed by atoms with Crippen LogP contribution < -0.4 is 5.73 Å². The lowest BCUT2D eigenvalue weighted by atomic mass is 10.0. The van der Waals surface area contributed by atoms with E-state index in [9.17, 15) is 18.2 Å². The van der Waals surface area contributed by atoms with Crippen molar-refractivity contribution in [3.63, 3.8) is 0 Å². The van der Waals surface area contributed by atoms with E-state index < -0.39 is 22.5 Å². The van der Waals surface area contributed by atoms with Crippen LogP contribution in [-0.4, -0.2) is 68.0 Å². The van der Waals surface area contributed by atoms with Crippen molar-refractivity contribution in [2.24, 2.45) is 5.73 Å². The van der Waals surface area contributed by atoms with E-state index in [4.69, 9.17) is 10.5 Å². The van der Waals surface area contributed by atoms with Crippen LogP contribution in [0.25, 0.3) is 28.0 Å². The minimum atomic E-state index is -1.30. The molecule has 0 saturated carbocycles. The van der Waals surface area contributed by atoms with Crippen LogP contribution in [0.15, 0.2) is 59.9 Å². The van der Waals surface area contributed by atoms with E-state index in [1.54, 1.807) is 40.1 Å². The van der Waals surface area contributed by atoms with Gasteiger partial charge < -0.3 is 15.4 Å². The Hall–Kier alpha value is -3.96. The predicted molar refractivity (Wildman–Crippen MR) is 132 cm³/mol. The molecule has 2 N–H and O–H groups in total. The number of nitrogens with two attached hydrogens (primary N) is 1. The van der Waals surface area contributed by atoms with Gasteiger partial charge in [-0.3, -0.25) is 18.4 Å². The SMILES string of the molecule is CS(=O)c1cn(-c2ncc(-c3cc(C(N)=O)ccc3F)cn2)c2cc(C(=O)N3CCOCC3)ccc12. The third-order valence-corrected chi connectivity index (χ3v) is 6.98. The summed E-state index contributed by atoms with van der Waals surface area (Å²) in [5.41, 5.74) is 7.09. The Morgan fingerprint density at radius 2 is 1.75 bits per heavy atom. The normalized spacial score (nSPS) is 14.7. The van der Waals surface area contributed by atoms with Gasteiger partial charge in [0.25, 0.3) is 5.91 Å². The van der Waals surface area contributed by atoms with Crippen molar-refractivity contribution in [2.75, 3.05) is 32.6 Å². The molecule has 0 spiro atoms. The molecule has 1 atom stereocenters. The molecule has 1 fully saturated rings. The van der Waals surface area contributed by atoms with E-state index in [0.29, 0.717) is 53.2 Å². The lowest BCUT2D eigenvalue weighted by Gasteiger charge is -2.26. The summed E-state index contributed by atoms with van der Waals surface area (Å²) in [7, 11) is -1.30. The molecule has 1 saturated heterocycles. The lowest BCUT2D eigenvalue weighted by molar-refractivity contribution is 0.0303. The first-order valence-electron chi connectivity index (χ1n) is 11.1. The number of primary amides is 1. The van der Waals surface area contributed by atoms with Gasteiger partial charge in [-0.15, -0.1) is 0 Å². The Balaban J connectivity index is 1.56. The number of hydrogen-bond donors (Lipinski definition) is 1. The molecule has 11 heteroatoms. The second-order valence-corrected chi connectivity index (χ2v) is 9.63. The van der Waals surface area contributed by atoms with Crippen LogP contribution in [0.4, 0.5) is 4.39 Å². The number of halogens is 1. The van der Waals surface area contributed by atoms with Gasteiger partial charge in [-0.25, -0.2) is 14.4 Å². The van der Waals surface area contributed by atoms with Crippen molar-refractivity contribution in [3.05, 3.63) is 71.9 Å². The third kappa shape index (κ3) is 4.38.